The van der Waals surface area contributed by atoms with E-state index in [0.29, 0.717) is 34.1 Å². The third-order valence-corrected chi connectivity index (χ3v) is 5.61. The van der Waals surface area contributed by atoms with Crippen molar-refractivity contribution in [1.29, 1.82) is 0 Å². The monoisotopic (exact) mass is 487 g/mol. The lowest BCUT2D eigenvalue weighted by Crippen LogP contribution is -2.34. The van der Waals surface area contributed by atoms with Gasteiger partial charge >= 0.3 is 11.6 Å². The molecule has 1 atom stereocenters. The van der Waals surface area contributed by atoms with Gasteiger partial charge in [0.1, 0.15) is 16.9 Å². The van der Waals surface area contributed by atoms with E-state index >= 15 is 0 Å². The standard InChI is InChI=1S/C24H19Cl2NO6/c25-16-6-3-14(20(26)11-16)5-8-22(28)32-17-7-4-15-10-19(24(30)33-21(15)12-17)23(29)27-13-18-2-1-9-31-18/h3-8,10-12,18H,1-2,9,13H2,(H,27,29)/b8-5+. The molecular weight excluding hydrogens is 469 g/mol. The van der Waals surface area contributed by atoms with E-state index in [-0.39, 0.29) is 23.0 Å². The molecule has 1 aliphatic heterocycles. The highest BCUT2D eigenvalue weighted by Crippen LogP contribution is 2.23. The summed E-state index contributed by atoms with van der Waals surface area (Å²) in [5, 5.41) is 4.10. The van der Waals surface area contributed by atoms with E-state index in [0.717, 1.165) is 12.8 Å². The van der Waals surface area contributed by atoms with Crippen molar-refractivity contribution in [1.82, 2.24) is 5.32 Å². The molecule has 1 aliphatic rings. The van der Waals surface area contributed by atoms with Gasteiger partial charge in [-0.2, -0.15) is 0 Å². The van der Waals surface area contributed by atoms with Crippen LogP contribution in [0, 0.1) is 0 Å². The first-order valence-electron chi connectivity index (χ1n) is 10.2. The molecule has 0 radical (unpaired) electrons. The highest BCUT2D eigenvalue weighted by molar-refractivity contribution is 6.35. The molecule has 33 heavy (non-hydrogen) atoms. The summed E-state index contributed by atoms with van der Waals surface area (Å²) in [6.07, 6.45) is 4.51. The zero-order valence-electron chi connectivity index (χ0n) is 17.3. The Morgan fingerprint density at radius 3 is 2.76 bits per heavy atom. The topological polar surface area (TPSA) is 94.8 Å². The maximum Gasteiger partial charge on any atom is 0.349 e. The number of ether oxygens (including phenoxy) is 2. The van der Waals surface area contributed by atoms with Gasteiger partial charge in [-0.15, -0.1) is 0 Å². The van der Waals surface area contributed by atoms with Gasteiger partial charge < -0.3 is 19.2 Å². The van der Waals surface area contributed by atoms with Crippen molar-refractivity contribution in [2.45, 2.75) is 18.9 Å². The van der Waals surface area contributed by atoms with Crippen molar-refractivity contribution >= 4 is 52.1 Å². The third-order valence-electron chi connectivity index (χ3n) is 5.05. The molecule has 1 aromatic heterocycles. The Bertz CT molecular complexity index is 1290. The number of amides is 1. The summed E-state index contributed by atoms with van der Waals surface area (Å²) in [4.78, 5) is 36.9. The molecule has 7 nitrogen and oxygen atoms in total. The SMILES string of the molecule is O=C(/C=C/c1ccc(Cl)cc1Cl)Oc1ccc2cc(C(=O)NCC3CCCO3)c(=O)oc2c1. The van der Waals surface area contributed by atoms with Gasteiger partial charge in [0.05, 0.1) is 6.10 Å². The fourth-order valence-corrected chi connectivity index (χ4v) is 3.84. The molecule has 0 saturated carbocycles. The van der Waals surface area contributed by atoms with E-state index in [1.807, 2.05) is 0 Å². The number of hydrogen-bond acceptors (Lipinski definition) is 6. The van der Waals surface area contributed by atoms with Gasteiger partial charge in [-0.25, -0.2) is 9.59 Å². The van der Waals surface area contributed by atoms with Gasteiger partial charge in [0.25, 0.3) is 5.91 Å². The lowest BCUT2D eigenvalue weighted by molar-refractivity contribution is -0.128. The molecule has 1 amide bonds. The number of halogens is 2. The minimum absolute atomic E-state index is 0.0385. The molecule has 0 aliphatic carbocycles. The first-order valence-corrected chi connectivity index (χ1v) is 11.0. The van der Waals surface area contributed by atoms with Crippen LogP contribution in [0.25, 0.3) is 17.0 Å². The van der Waals surface area contributed by atoms with Crippen LogP contribution in [0.2, 0.25) is 10.0 Å². The Labute approximate surface area is 198 Å². The van der Waals surface area contributed by atoms with Crippen LogP contribution in [0.3, 0.4) is 0 Å². The molecule has 0 spiro atoms. The number of rotatable bonds is 6. The Morgan fingerprint density at radius 2 is 2.00 bits per heavy atom. The van der Waals surface area contributed by atoms with Crippen molar-refractivity contribution < 1.29 is 23.5 Å². The van der Waals surface area contributed by atoms with Crippen LogP contribution in [0.15, 0.2) is 57.8 Å². The highest BCUT2D eigenvalue weighted by atomic mass is 35.5. The van der Waals surface area contributed by atoms with Crippen LogP contribution in [-0.2, 0) is 9.53 Å². The molecule has 1 unspecified atom stereocenters. The second kappa shape index (κ2) is 10.2. The highest BCUT2D eigenvalue weighted by Gasteiger charge is 2.19. The molecule has 1 fully saturated rings. The number of hydrogen-bond donors (Lipinski definition) is 1. The van der Waals surface area contributed by atoms with E-state index in [9.17, 15) is 14.4 Å². The van der Waals surface area contributed by atoms with Crippen LogP contribution in [0.1, 0.15) is 28.8 Å². The number of carbonyl (C=O) groups excluding carboxylic acids is 2. The van der Waals surface area contributed by atoms with E-state index in [1.165, 1.54) is 30.4 Å². The number of carbonyl (C=O) groups is 2. The van der Waals surface area contributed by atoms with Gasteiger partial charge in [0.2, 0.25) is 0 Å². The van der Waals surface area contributed by atoms with Crippen molar-refractivity contribution in [2.75, 3.05) is 13.2 Å². The summed E-state index contributed by atoms with van der Waals surface area (Å²) in [5.41, 5.74) is -0.0976. The van der Waals surface area contributed by atoms with Crippen molar-refractivity contribution in [3.8, 4) is 5.75 Å². The van der Waals surface area contributed by atoms with Crippen LogP contribution in [0.5, 0.6) is 5.75 Å². The number of benzene rings is 2. The summed E-state index contributed by atoms with van der Waals surface area (Å²) in [5.74, 6) is -0.992. The van der Waals surface area contributed by atoms with E-state index in [2.05, 4.69) is 5.32 Å². The Kier molecular flexibility index (Phi) is 7.13. The molecule has 2 heterocycles. The fourth-order valence-electron chi connectivity index (χ4n) is 3.37. The Morgan fingerprint density at radius 1 is 1.15 bits per heavy atom. The quantitative estimate of drug-likeness (QED) is 0.235. The average molecular weight is 488 g/mol. The number of esters is 1. The zero-order chi connectivity index (χ0) is 23.4. The largest absolute Gasteiger partial charge is 0.423 e. The fraction of sp³-hybridized carbons (Fsp3) is 0.208. The van der Waals surface area contributed by atoms with Crippen LogP contribution in [0.4, 0.5) is 0 Å². The second-order valence-corrected chi connectivity index (χ2v) is 8.26. The summed E-state index contributed by atoms with van der Waals surface area (Å²) in [6.45, 7) is 1.01. The second-order valence-electron chi connectivity index (χ2n) is 7.41. The normalized spacial score (nSPS) is 15.8. The maximum atomic E-state index is 12.4. The predicted molar refractivity (Wildman–Crippen MR) is 125 cm³/mol. The predicted octanol–water partition coefficient (Wildman–Crippen LogP) is 4.63. The minimum Gasteiger partial charge on any atom is -0.423 e. The molecule has 4 rings (SSSR count). The molecular formula is C24H19Cl2NO6. The summed E-state index contributed by atoms with van der Waals surface area (Å²) in [6, 6.07) is 10.9. The van der Waals surface area contributed by atoms with E-state index in [4.69, 9.17) is 37.1 Å². The first kappa shape index (κ1) is 23.0. The molecule has 3 aromatic rings. The molecule has 1 N–H and O–H groups in total. The number of nitrogens with one attached hydrogen (secondary N) is 1. The smallest absolute Gasteiger partial charge is 0.349 e. The molecule has 170 valence electrons. The molecule has 1 saturated heterocycles. The summed E-state index contributed by atoms with van der Waals surface area (Å²) in [7, 11) is 0. The van der Waals surface area contributed by atoms with E-state index < -0.39 is 17.5 Å². The molecule has 0 bridgehead atoms. The van der Waals surface area contributed by atoms with Gasteiger partial charge in [-0.1, -0.05) is 29.3 Å². The zero-order valence-corrected chi connectivity index (χ0v) is 18.8. The average Bonchev–Trinajstić information content (AvgIpc) is 3.30. The van der Waals surface area contributed by atoms with Gasteiger partial charge in [-0.05, 0) is 54.8 Å². The first-order chi connectivity index (χ1) is 15.9. The molecule has 9 heteroatoms. The molecule has 2 aromatic carbocycles. The maximum absolute atomic E-state index is 12.4. The Balaban J connectivity index is 1.44. The minimum atomic E-state index is -0.784. The van der Waals surface area contributed by atoms with Crippen LogP contribution >= 0.6 is 23.2 Å². The van der Waals surface area contributed by atoms with Crippen molar-refractivity contribution in [3.05, 3.63) is 80.1 Å². The summed E-state index contributed by atoms with van der Waals surface area (Å²) >= 11 is 11.9. The van der Waals surface area contributed by atoms with Crippen molar-refractivity contribution in [3.63, 3.8) is 0 Å². The number of fused-ring (bicyclic) bond motifs is 1. The lowest BCUT2D eigenvalue weighted by atomic mass is 10.1. The van der Waals surface area contributed by atoms with Crippen molar-refractivity contribution in [2.24, 2.45) is 0 Å². The van der Waals surface area contributed by atoms with Crippen LogP contribution < -0.4 is 15.7 Å². The van der Waals surface area contributed by atoms with E-state index in [1.54, 1.807) is 24.3 Å². The van der Waals surface area contributed by atoms with Gasteiger partial charge in [0, 0.05) is 40.7 Å². The Hall–Kier alpha value is -3.13. The summed E-state index contributed by atoms with van der Waals surface area (Å²) < 4.78 is 16.0. The van der Waals surface area contributed by atoms with Crippen LogP contribution in [-0.4, -0.2) is 31.1 Å². The lowest BCUT2D eigenvalue weighted by Gasteiger charge is -2.10. The third kappa shape index (κ3) is 5.82. The van der Waals surface area contributed by atoms with Gasteiger partial charge in [0.15, 0.2) is 0 Å². The van der Waals surface area contributed by atoms with Gasteiger partial charge in [-0.3, -0.25) is 4.79 Å².